The molecule has 4 bridgehead atoms. The summed E-state index contributed by atoms with van der Waals surface area (Å²) in [5, 5.41) is 2.50. The van der Waals surface area contributed by atoms with Gasteiger partial charge in [0.2, 0.25) is 0 Å². The van der Waals surface area contributed by atoms with Gasteiger partial charge in [0.25, 0.3) is 0 Å². The zero-order valence-electron chi connectivity index (χ0n) is 31.2. The first-order valence-electron chi connectivity index (χ1n) is 20.4. The summed E-state index contributed by atoms with van der Waals surface area (Å²) < 4.78 is 0. The van der Waals surface area contributed by atoms with Crippen LogP contribution in [0, 0.1) is 23.7 Å². The maximum Gasteiger partial charge on any atom is 0.0540 e. The van der Waals surface area contributed by atoms with Gasteiger partial charge in [-0.15, -0.1) is 0 Å². The van der Waals surface area contributed by atoms with Gasteiger partial charge in [-0.3, -0.25) is 0 Å². The molecule has 7 aromatic rings. The van der Waals surface area contributed by atoms with E-state index >= 15 is 0 Å². The molecule has 0 atom stereocenters. The van der Waals surface area contributed by atoms with Gasteiger partial charge in [0.1, 0.15) is 0 Å². The fraction of sp³-hybridized carbons (Fsp3) is 0.245. The van der Waals surface area contributed by atoms with E-state index in [1.165, 1.54) is 104 Å². The SMILES string of the molecule is CC1(C)c2ccccc2-c2ccc(N(c3ccc(-c4ccc5c(c4)-c4ccccc4C54C5CC6CC(C5)CC4C6)cc3)c3cccc4ccccc34)cc21. The van der Waals surface area contributed by atoms with Crippen LogP contribution in [0.2, 0.25) is 0 Å². The Kier molecular flexibility index (Phi) is 6.36. The number of anilines is 3. The van der Waals surface area contributed by atoms with E-state index in [1.807, 2.05) is 0 Å². The zero-order chi connectivity index (χ0) is 35.8. The lowest BCUT2D eigenvalue weighted by Crippen LogP contribution is -2.55. The summed E-state index contributed by atoms with van der Waals surface area (Å²) in [6.07, 6.45) is 7.18. The van der Waals surface area contributed by atoms with Crippen molar-refractivity contribution in [2.75, 3.05) is 4.90 Å². The van der Waals surface area contributed by atoms with Crippen LogP contribution in [-0.2, 0) is 10.8 Å². The van der Waals surface area contributed by atoms with E-state index in [4.69, 9.17) is 0 Å². The van der Waals surface area contributed by atoms with Crippen molar-refractivity contribution in [3.05, 3.63) is 174 Å². The van der Waals surface area contributed by atoms with Crippen LogP contribution >= 0.6 is 0 Å². The molecule has 1 heteroatoms. The number of benzene rings is 7. The fourth-order valence-electron chi connectivity index (χ4n) is 12.8. The molecule has 6 aliphatic rings. The van der Waals surface area contributed by atoms with Gasteiger partial charge in [0, 0.05) is 27.6 Å². The summed E-state index contributed by atoms with van der Waals surface area (Å²) in [6, 6.07) is 57.9. The monoisotopic (exact) mass is 695 g/mol. The van der Waals surface area contributed by atoms with Crippen LogP contribution in [0.1, 0.15) is 68.2 Å². The maximum atomic E-state index is 2.55. The van der Waals surface area contributed by atoms with Crippen molar-refractivity contribution < 1.29 is 0 Å². The minimum absolute atomic E-state index is 0.0718. The summed E-state index contributed by atoms with van der Waals surface area (Å²) in [5.41, 5.74) is 18.0. The lowest BCUT2D eigenvalue weighted by atomic mass is 9.43. The molecule has 0 amide bonds. The van der Waals surface area contributed by atoms with Crippen molar-refractivity contribution in [2.45, 2.75) is 56.8 Å². The smallest absolute Gasteiger partial charge is 0.0540 e. The molecular formula is C53H45N. The van der Waals surface area contributed by atoms with E-state index in [0.717, 1.165) is 23.7 Å². The van der Waals surface area contributed by atoms with Crippen molar-refractivity contribution in [3.8, 4) is 33.4 Å². The second-order valence-corrected chi connectivity index (χ2v) is 17.8. The number of hydrogen-bond acceptors (Lipinski definition) is 1. The third kappa shape index (κ3) is 4.11. The Labute approximate surface area is 319 Å². The third-order valence-electron chi connectivity index (χ3n) is 14.8. The van der Waals surface area contributed by atoms with Crippen LogP contribution < -0.4 is 4.90 Å². The third-order valence-corrected chi connectivity index (χ3v) is 14.8. The average Bonchev–Trinajstić information content (AvgIpc) is 3.62. The largest absolute Gasteiger partial charge is 0.310 e. The molecular weight excluding hydrogens is 651 g/mol. The zero-order valence-corrected chi connectivity index (χ0v) is 31.2. The highest BCUT2D eigenvalue weighted by Gasteiger charge is 2.61. The quantitative estimate of drug-likeness (QED) is 0.177. The predicted octanol–water partition coefficient (Wildman–Crippen LogP) is 14.0. The van der Waals surface area contributed by atoms with E-state index in [0.29, 0.717) is 0 Å². The molecule has 262 valence electrons. The normalized spacial score (nSPS) is 24.7. The average molecular weight is 696 g/mol. The number of rotatable bonds is 4. The van der Waals surface area contributed by atoms with Gasteiger partial charge in [-0.1, -0.05) is 129 Å². The Hall–Kier alpha value is -5.40. The summed E-state index contributed by atoms with van der Waals surface area (Å²) in [6.45, 7) is 4.75. The maximum absolute atomic E-state index is 2.55. The summed E-state index contributed by atoms with van der Waals surface area (Å²) in [4.78, 5) is 2.47. The van der Waals surface area contributed by atoms with Crippen LogP contribution in [-0.4, -0.2) is 0 Å². The van der Waals surface area contributed by atoms with Crippen molar-refractivity contribution in [1.29, 1.82) is 0 Å². The molecule has 0 aliphatic heterocycles. The molecule has 4 saturated carbocycles. The highest BCUT2D eigenvalue weighted by molar-refractivity contribution is 5.99. The Morgan fingerprint density at radius 3 is 1.81 bits per heavy atom. The molecule has 0 unspecified atom stereocenters. The molecule has 0 saturated heterocycles. The van der Waals surface area contributed by atoms with Gasteiger partial charge in [0.05, 0.1) is 5.69 Å². The summed E-state index contributed by atoms with van der Waals surface area (Å²) in [5.74, 6) is 3.50. The Morgan fingerprint density at radius 1 is 0.444 bits per heavy atom. The molecule has 0 radical (unpaired) electrons. The highest BCUT2D eigenvalue weighted by Crippen LogP contribution is 2.69. The molecule has 54 heavy (non-hydrogen) atoms. The first-order chi connectivity index (χ1) is 26.5. The first-order valence-corrected chi connectivity index (χ1v) is 20.4. The van der Waals surface area contributed by atoms with Crippen LogP contribution in [0.3, 0.4) is 0 Å². The van der Waals surface area contributed by atoms with Crippen molar-refractivity contribution in [3.63, 3.8) is 0 Å². The van der Waals surface area contributed by atoms with Gasteiger partial charge in [-0.2, -0.15) is 0 Å². The molecule has 6 aliphatic carbocycles. The molecule has 7 aromatic carbocycles. The topological polar surface area (TPSA) is 3.24 Å². The summed E-state index contributed by atoms with van der Waals surface area (Å²) in [7, 11) is 0. The molecule has 0 N–H and O–H groups in total. The Morgan fingerprint density at radius 2 is 1.04 bits per heavy atom. The predicted molar refractivity (Wildman–Crippen MR) is 225 cm³/mol. The highest BCUT2D eigenvalue weighted by atomic mass is 15.1. The van der Waals surface area contributed by atoms with Crippen molar-refractivity contribution in [2.24, 2.45) is 23.7 Å². The molecule has 4 fully saturated rings. The molecule has 0 heterocycles. The Balaban J connectivity index is 0.969. The van der Waals surface area contributed by atoms with Crippen LogP contribution in [0.5, 0.6) is 0 Å². The molecule has 13 rings (SSSR count). The van der Waals surface area contributed by atoms with Gasteiger partial charge in [-0.25, -0.2) is 0 Å². The Bertz CT molecular complexity index is 2630. The fourth-order valence-corrected chi connectivity index (χ4v) is 12.8. The lowest BCUT2D eigenvalue weighted by Gasteiger charge is -2.61. The van der Waals surface area contributed by atoms with E-state index in [2.05, 4.69) is 170 Å². The van der Waals surface area contributed by atoms with Crippen molar-refractivity contribution in [1.82, 2.24) is 0 Å². The minimum Gasteiger partial charge on any atom is -0.310 e. The number of nitrogens with zero attached hydrogens (tertiary/aromatic N) is 1. The van der Waals surface area contributed by atoms with Crippen LogP contribution in [0.4, 0.5) is 17.1 Å². The molecule has 0 aromatic heterocycles. The summed E-state index contributed by atoms with van der Waals surface area (Å²) >= 11 is 0. The van der Waals surface area contributed by atoms with Gasteiger partial charge < -0.3 is 4.90 Å². The van der Waals surface area contributed by atoms with Crippen molar-refractivity contribution >= 4 is 27.8 Å². The van der Waals surface area contributed by atoms with Gasteiger partial charge in [-0.05, 0) is 153 Å². The van der Waals surface area contributed by atoms with E-state index in [1.54, 1.807) is 11.1 Å². The van der Waals surface area contributed by atoms with Crippen LogP contribution in [0.15, 0.2) is 152 Å². The number of hydrogen-bond donors (Lipinski definition) is 0. The van der Waals surface area contributed by atoms with Gasteiger partial charge in [0.15, 0.2) is 0 Å². The van der Waals surface area contributed by atoms with E-state index in [-0.39, 0.29) is 10.8 Å². The van der Waals surface area contributed by atoms with Gasteiger partial charge >= 0.3 is 0 Å². The molecule has 1 spiro atoms. The number of fused-ring (bicyclic) bond motifs is 7. The first kappa shape index (κ1) is 31.0. The minimum atomic E-state index is -0.0718. The van der Waals surface area contributed by atoms with E-state index < -0.39 is 0 Å². The molecule has 1 nitrogen and oxygen atoms in total. The van der Waals surface area contributed by atoms with Crippen LogP contribution in [0.25, 0.3) is 44.2 Å². The lowest BCUT2D eigenvalue weighted by molar-refractivity contribution is -0.0399. The van der Waals surface area contributed by atoms with E-state index in [9.17, 15) is 0 Å². The second kappa shape index (κ2) is 11.1. The standard InChI is InChI=1S/C53H45N/c1-52(2)47-15-7-5-13-43(47)45-24-23-41(32-50(45)52)54(51-17-9-11-36-10-3-4-12-42(36)51)40-21-18-35(19-22-40)37-20-25-49-46(31-37)44-14-6-8-16-48(44)53(49)38-27-33-26-34(29-38)30-39(53)28-33/h3-25,31-34,38-39H,26-30H2,1-2H3. The second-order valence-electron chi connectivity index (χ2n) is 17.8.